The summed E-state index contributed by atoms with van der Waals surface area (Å²) in [6, 6.07) is 0. The molecule has 0 aromatic rings. The van der Waals surface area contributed by atoms with E-state index in [4.69, 9.17) is 19.3 Å². The van der Waals surface area contributed by atoms with Gasteiger partial charge in [-0.1, -0.05) is 156 Å². The van der Waals surface area contributed by atoms with Gasteiger partial charge >= 0.3 is 19.8 Å². The first kappa shape index (κ1) is 46.0. The smallest absolute Gasteiger partial charge is 0.462 e. The molecular weight excluding hydrogens is 639 g/mol. The van der Waals surface area contributed by atoms with Gasteiger partial charge in [0, 0.05) is 12.8 Å². The van der Waals surface area contributed by atoms with Crippen LogP contribution >= 0.6 is 7.82 Å². The van der Waals surface area contributed by atoms with Crippen LogP contribution < -0.4 is 0 Å². The van der Waals surface area contributed by atoms with E-state index in [0.29, 0.717) is 19.3 Å². The summed E-state index contributed by atoms with van der Waals surface area (Å²) < 4.78 is 26.2. The number of unbranched alkanes of at least 4 members (excludes halogenated alkanes) is 11. The highest BCUT2D eigenvalue weighted by Gasteiger charge is 2.22. The van der Waals surface area contributed by atoms with Gasteiger partial charge in [-0.3, -0.25) is 14.1 Å². The molecule has 0 fully saturated rings. The number of phosphoric ester groups is 1. The molecule has 276 valence electrons. The van der Waals surface area contributed by atoms with Crippen LogP contribution in [-0.2, 0) is 28.2 Å². The zero-order valence-corrected chi connectivity index (χ0v) is 30.9. The third-order valence-corrected chi connectivity index (χ3v) is 7.51. The summed E-state index contributed by atoms with van der Waals surface area (Å²) in [7, 11) is -4.78. The van der Waals surface area contributed by atoms with Gasteiger partial charge in [0.05, 0.1) is 6.61 Å². The molecule has 2 N–H and O–H groups in total. The van der Waals surface area contributed by atoms with Gasteiger partial charge in [0.2, 0.25) is 0 Å². The molecule has 0 aromatic carbocycles. The van der Waals surface area contributed by atoms with Crippen LogP contribution in [0.4, 0.5) is 0 Å². The lowest BCUT2D eigenvalue weighted by molar-refractivity contribution is -0.161. The SMILES string of the molecule is CC/C=C/C=C/C=C/C=C/C=C/CCCC(=O)OC(COC(=O)CCCCCCC/C=C/C=C/C=C/CCCCCCC)COP(=O)(O)O. The topological polar surface area (TPSA) is 119 Å². The largest absolute Gasteiger partial charge is 0.469 e. The Morgan fingerprint density at radius 3 is 1.53 bits per heavy atom. The lowest BCUT2D eigenvalue weighted by atomic mass is 10.1. The minimum absolute atomic E-state index is 0.105. The average molecular weight is 703 g/mol. The Hall–Kier alpha value is -3.03. The van der Waals surface area contributed by atoms with Gasteiger partial charge in [0.25, 0.3) is 0 Å². The maximum absolute atomic E-state index is 12.3. The Balaban J connectivity index is 4.16. The van der Waals surface area contributed by atoms with Crippen LogP contribution in [0.5, 0.6) is 0 Å². The van der Waals surface area contributed by atoms with E-state index < -0.39 is 32.5 Å². The zero-order chi connectivity index (χ0) is 36.1. The fourth-order valence-electron chi connectivity index (χ4n) is 4.34. The number of allylic oxidation sites excluding steroid dienone is 16. The van der Waals surface area contributed by atoms with E-state index in [0.717, 1.165) is 44.9 Å². The second kappa shape index (κ2) is 34.8. The third kappa shape index (κ3) is 37.6. The van der Waals surface area contributed by atoms with E-state index in [1.54, 1.807) is 0 Å². The number of carbonyl (C=O) groups excluding carboxylic acids is 2. The van der Waals surface area contributed by atoms with E-state index in [-0.39, 0.29) is 19.4 Å². The Kier molecular flexibility index (Phi) is 32.7. The fourth-order valence-corrected chi connectivity index (χ4v) is 4.70. The van der Waals surface area contributed by atoms with Gasteiger partial charge in [-0.2, -0.15) is 0 Å². The Morgan fingerprint density at radius 1 is 0.551 bits per heavy atom. The van der Waals surface area contributed by atoms with E-state index in [2.05, 4.69) is 60.9 Å². The van der Waals surface area contributed by atoms with Crippen molar-refractivity contribution in [2.24, 2.45) is 0 Å². The number of phosphoric acid groups is 1. The second-order valence-electron chi connectivity index (χ2n) is 11.6. The molecule has 0 rings (SSSR count). The number of esters is 2. The molecule has 0 aliphatic heterocycles. The first-order chi connectivity index (χ1) is 23.8. The van der Waals surface area contributed by atoms with E-state index in [1.165, 1.54) is 32.1 Å². The highest BCUT2D eigenvalue weighted by molar-refractivity contribution is 7.46. The molecule has 0 aliphatic rings. The number of hydrogen-bond acceptors (Lipinski definition) is 6. The molecule has 0 spiro atoms. The van der Waals surface area contributed by atoms with Crippen molar-refractivity contribution in [3.8, 4) is 0 Å². The van der Waals surface area contributed by atoms with Crippen LogP contribution in [0.3, 0.4) is 0 Å². The van der Waals surface area contributed by atoms with Crippen molar-refractivity contribution >= 4 is 19.8 Å². The van der Waals surface area contributed by atoms with Crippen LogP contribution in [-0.4, -0.2) is 41.0 Å². The average Bonchev–Trinajstić information content (AvgIpc) is 3.07. The van der Waals surface area contributed by atoms with Crippen molar-refractivity contribution in [2.45, 2.75) is 129 Å². The Labute approximate surface area is 296 Å². The van der Waals surface area contributed by atoms with Crippen LogP contribution in [0.25, 0.3) is 0 Å². The number of ether oxygens (including phenoxy) is 2. The number of carbonyl (C=O) groups is 2. The minimum atomic E-state index is -4.78. The molecule has 0 aliphatic carbocycles. The summed E-state index contributed by atoms with van der Waals surface area (Å²) in [5.74, 6) is -1.01. The predicted octanol–water partition coefficient (Wildman–Crippen LogP) is 10.7. The Morgan fingerprint density at radius 2 is 1.00 bits per heavy atom. The first-order valence-corrected chi connectivity index (χ1v) is 19.7. The monoisotopic (exact) mass is 702 g/mol. The molecule has 1 unspecified atom stereocenters. The third-order valence-electron chi connectivity index (χ3n) is 7.03. The molecular formula is C40H63O8P. The molecule has 0 amide bonds. The number of rotatable bonds is 31. The van der Waals surface area contributed by atoms with Gasteiger partial charge in [0.15, 0.2) is 6.10 Å². The van der Waals surface area contributed by atoms with Gasteiger partial charge in [0.1, 0.15) is 6.61 Å². The standard InChI is InChI=1S/C40H63O8P/c1-3-5-7-9-11-13-15-17-18-19-20-21-23-24-26-28-30-32-34-39(41)46-36-38(37-47-49(43,44)45)48-40(42)35-33-31-29-27-25-22-16-14-12-10-8-6-4-2/h6,8,10,12,14-22,25,27,29,38H,3-5,7,9,11,13,23-24,26,28,30-37H2,1-2H3,(H2,43,44,45)/b8-6+,12-10+,16-14+,17-15+,19-18+,21-20+,25-22+,29-27+. The summed E-state index contributed by atoms with van der Waals surface area (Å²) >= 11 is 0. The quantitative estimate of drug-likeness (QED) is 0.0317. The molecule has 0 heterocycles. The van der Waals surface area contributed by atoms with Crippen molar-refractivity contribution in [2.75, 3.05) is 13.2 Å². The van der Waals surface area contributed by atoms with Crippen molar-refractivity contribution in [3.05, 3.63) is 97.2 Å². The fraction of sp³-hybridized carbons (Fsp3) is 0.550. The van der Waals surface area contributed by atoms with Gasteiger partial charge < -0.3 is 19.3 Å². The molecule has 9 heteroatoms. The molecule has 0 aromatic heterocycles. The normalized spacial score (nSPS) is 13.6. The maximum atomic E-state index is 12.3. The molecule has 0 radical (unpaired) electrons. The maximum Gasteiger partial charge on any atom is 0.469 e. The summed E-state index contributed by atoms with van der Waals surface area (Å²) in [6.07, 6.45) is 47.1. The van der Waals surface area contributed by atoms with Crippen molar-refractivity contribution < 1.29 is 37.9 Å². The van der Waals surface area contributed by atoms with Crippen LogP contribution in [0.2, 0.25) is 0 Å². The first-order valence-electron chi connectivity index (χ1n) is 18.1. The second-order valence-corrected chi connectivity index (χ2v) is 12.9. The summed E-state index contributed by atoms with van der Waals surface area (Å²) in [5, 5.41) is 0. The molecule has 0 saturated heterocycles. The molecule has 1 atom stereocenters. The zero-order valence-electron chi connectivity index (χ0n) is 30.0. The Bertz CT molecular complexity index is 1110. The van der Waals surface area contributed by atoms with Crippen molar-refractivity contribution in [1.29, 1.82) is 0 Å². The van der Waals surface area contributed by atoms with E-state index in [9.17, 15) is 14.2 Å². The summed E-state index contributed by atoms with van der Waals surface area (Å²) in [4.78, 5) is 42.6. The van der Waals surface area contributed by atoms with E-state index >= 15 is 0 Å². The van der Waals surface area contributed by atoms with Crippen LogP contribution in [0.1, 0.15) is 123 Å². The molecule has 49 heavy (non-hydrogen) atoms. The molecule has 8 nitrogen and oxygen atoms in total. The van der Waals surface area contributed by atoms with Crippen LogP contribution in [0.15, 0.2) is 97.2 Å². The summed E-state index contributed by atoms with van der Waals surface area (Å²) in [5.41, 5.74) is 0. The predicted molar refractivity (Wildman–Crippen MR) is 202 cm³/mol. The summed E-state index contributed by atoms with van der Waals surface area (Å²) in [6.45, 7) is 3.41. The van der Waals surface area contributed by atoms with Crippen molar-refractivity contribution in [3.63, 3.8) is 0 Å². The lowest BCUT2D eigenvalue weighted by Gasteiger charge is -2.18. The molecule has 0 saturated carbocycles. The molecule has 0 bridgehead atoms. The van der Waals surface area contributed by atoms with Gasteiger partial charge in [-0.25, -0.2) is 4.57 Å². The minimum Gasteiger partial charge on any atom is -0.462 e. The highest BCUT2D eigenvalue weighted by Crippen LogP contribution is 2.35. The lowest BCUT2D eigenvalue weighted by Crippen LogP contribution is -2.29. The van der Waals surface area contributed by atoms with Crippen molar-refractivity contribution in [1.82, 2.24) is 0 Å². The van der Waals surface area contributed by atoms with Crippen LogP contribution in [0, 0.1) is 0 Å². The van der Waals surface area contributed by atoms with Gasteiger partial charge in [-0.05, 0) is 51.4 Å². The van der Waals surface area contributed by atoms with Gasteiger partial charge in [-0.15, -0.1) is 0 Å². The van der Waals surface area contributed by atoms with E-state index in [1.807, 2.05) is 54.7 Å². The number of hydrogen-bond donors (Lipinski definition) is 2. The highest BCUT2D eigenvalue weighted by atomic mass is 31.2.